The van der Waals surface area contributed by atoms with Crippen LogP contribution >= 0.6 is 0 Å². The first-order valence-corrected chi connectivity index (χ1v) is 11.9. The van der Waals surface area contributed by atoms with Crippen LogP contribution in [0.5, 0.6) is 5.75 Å². The zero-order valence-electron chi connectivity index (χ0n) is 17.4. The summed E-state index contributed by atoms with van der Waals surface area (Å²) in [5, 5.41) is 0. The summed E-state index contributed by atoms with van der Waals surface area (Å²) in [5.74, 6) is 1.18. The van der Waals surface area contributed by atoms with Gasteiger partial charge in [0.15, 0.2) is 0 Å². The first-order valence-electron chi connectivity index (χ1n) is 10.5. The van der Waals surface area contributed by atoms with Crippen molar-refractivity contribution in [3.05, 3.63) is 23.3 Å². The van der Waals surface area contributed by atoms with Crippen LogP contribution in [0.3, 0.4) is 0 Å². The van der Waals surface area contributed by atoms with Crippen molar-refractivity contribution >= 4 is 10.0 Å². The number of hydrogen-bond acceptors (Lipinski definition) is 5. The Hall–Kier alpha value is -1.15. The zero-order chi connectivity index (χ0) is 20.1. The molecular formula is C21H34N2O4S. The number of nitrogens with one attached hydrogen (secondary N) is 1. The Morgan fingerprint density at radius 2 is 1.71 bits per heavy atom. The quantitative estimate of drug-likeness (QED) is 0.749. The van der Waals surface area contributed by atoms with Gasteiger partial charge in [0.2, 0.25) is 10.0 Å². The monoisotopic (exact) mass is 410 g/mol. The van der Waals surface area contributed by atoms with Crippen molar-refractivity contribution in [2.75, 3.05) is 39.5 Å². The van der Waals surface area contributed by atoms with Crippen LogP contribution < -0.4 is 9.46 Å². The predicted molar refractivity (Wildman–Crippen MR) is 110 cm³/mol. The molecule has 0 aromatic heterocycles. The Kier molecular flexibility index (Phi) is 7.36. The Morgan fingerprint density at radius 1 is 1.11 bits per heavy atom. The number of benzene rings is 1. The molecule has 6 nitrogen and oxygen atoms in total. The molecule has 158 valence electrons. The van der Waals surface area contributed by atoms with E-state index in [0.717, 1.165) is 68.9 Å². The maximum atomic E-state index is 12.8. The van der Waals surface area contributed by atoms with E-state index in [9.17, 15) is 8.42 Å². The summed E-state index contributed by atoms with van der Waals surface area (Å²) in [4.78, 5) is 2.89. The van der Waals surface area contributed by atoms with Gasteiger partial charge in [-0.1, -0.05) is 0 Å². The van der Waals surface area contributed by atoms with Crippen molar-refractivity contribution in [1.82, 2.24) is 9.62 Å². The topological polar surface area (TPSA) is 67.9 Å². The Bertz CT molecular complexity index is 729. The number of nitrogens with zero attached hydrogens (tertiary/aromatic N) is 1. The van der Waals surface area contributed by atoms with E-state index in [4.69, 9.17) is 9.47 Å². The summed E-state index contributed by atoms with van der Waals surface area (Å²) in [7, 11) is -3.51. The predicted octanol–water partition coefficient (Wildman–Crippen LogP) is 2.87. The first-order chi connectivity index (χ1) is 13.4. The maximum Gasteiger partial charge on any atom is 0.240 e. The van der Waals surface area contributed by atoms with E-state index in [1.165, 1.54) is 0 Å². The molecule has 1 aromatic carbocycles. The van der Waals surface area contributed by atoms with Crippen molar-refractivity contribution in [2.24, 2.45) is 5.92 Å². The maximum absolute atomic E-state index is 12.8. The largest absolute Gasteiger partial charge is 0.493 e. The lowest BCUT2D eigenvalue weighted by atomic mass is 9.94. The fourth-order valence-corrected chi connectivity index (χ4v) is 5.61. The standard InChI is InChI=1S/C21H34N2O4S/c1-4-27-21-16(2)13-20(14-17(21)3)28(24,25)22-15-18-5-9-23(10-6-18)19-7-11-26-12-8-19/h13-14,18-19,22H,4-12,15H2,1-3H3. The smallest absolute Gasteiger partial charge is 0.240 e. The highest BCUT2D eigenvalue weighted by molar-refractivity contribution is 7.89. The minimum Gasteiger partial charge on any atom is -0.493 e. The van der Waals surface area contributed by atoms with Crippen molar-refractivity contribution in [2.45, 2.75) is 57.4 Å². The lowest BCUT2D eigenvalue weighted by Crippen LogP contribution is -2.45. The van der Waals surface area contributed by atoms with Gasteiger partial charge in [-0.25, -0.2) is 13.1 Å². The second kappa shape index (κ2) is 9.57. The van der Waals surface area contributed by atoms with Crippen molar-refractivity contribution < 1.29 is 17.9 Å². The van der Waals surface area contributed by atoms with Gasteiger partial charge in [-0.15, -0.1) is 0 Å². The Balaban J connectivity index is 1.54. The van der Waals surface area contributed by atoms with Crippen LogP contribution in [0.4, 0.5) is 0 Å². The van der Waals surface area contributed by atoms with Crippen LogP contribution in [-0.2, 0) is 14.8 Å². The summed E-state index contributed by atoms with van der Waals surface area (Å²) in [6.07, 6.45) is 4.32. The molecular weight excluding hydrogens is 376 g/mol. The molecule has 2 aliphatic heterocycles. The number of piperidine rings is 1. The van der Waals surface area contributed by atoms with E-state index < -0.39 is 10.0 Å². The molecule has 2 aliphatic rings. The summed E-state index contributed by atoms with van der Waals surface area (Å²) in [5.41, 5.74) is 1.71. The van der Waals surface area contributed by atoms with Crippen LogP contribution in [0.25, 0.3) is 0 Å². The van der Waals surface area contributed by atoms with E-state index in [-0.39, 0.29) is 0 Å². The molecule has 3 rings (SSSR count). The van der Waals surface area contributed by atoms with Crippen LogP contribution in [0.2, 0.25) is 0 Å². The number of likely N-dealkylation sites (tertiary alicyclic amines) is 1. The van der Waals surface area contributed by atoms with Crippen LogP contribution in [0.15, 0.2) is 17.0 Å². The van der Waals surface area contributed by atoms with E-state index in [1.807, 2.05) is 20.8 Å². The minimum absolute atomic E-state index is 0.325. The highest BCUT2D eigenvalue weighted by atomic mass is 32.2. The molecule has 2 heterocycles. The zero-order valence-corrected chi connectivity index (χ0v) is 18.2. The Labute approximate surface area is 169 Å². The summed E-state index contributed by atoms with van der Waals surface area (Å²) >= 11 is 0. The fourth-order valence-electron chi connectivity index (χ4n) is 4.32. The molecule has 0 amide bonds. The van der Waals surface area contributed by atoms with Crippen LogP contribution in [-0.4, -0.2) is 58.8 Å². The molecule has 0 unspecified atom stereocenters. The Morgan fingerprint density at radius 3 is 2.29 bits per heavy atom. The summed E-state index contributed by atoms with van der Waals surface area (Å²) < 4.78 is 39.5. The van der Waals surface area contributed by atoms with Gasteiger partial charge in [-0.3, -0.25) is 0 Å². The van der Waals surface area contributed by atoms with Gasteiger partial charge in [0.25, 0.3) is 0 Å². The number of rotatable bonds is 7. The third kappa shape index (κ3) is 5.26. The average molecular weight is 411 g/mol. The molecule has 0 radical (unpaired) electrons. The fraction of sp³-hybridized carbons (Fsp3) is 0.714. The molecule has 1 N–H and O–H groups in total. The summed E-state index contributed by atoms with van der Waals surface area (Å²) in [6.45, 7) is 10.6. The van der Waals surface area contributed by atoms with Gasteiger partial charge in [0.05, 0.1) is 11.5 Å². The third-order valence-corrected chi connectivity index (χ3v) is 7.35. The van der Waals surface area contributed by atoms with Gasteiger partial charge < -0.3 is 14.4 Å². The molecule has 0 spiro atoms. The number of hydrogen-bond donors (Lipinski definition) is 1. The SMILES string of the molecule is CCOc1c(C)cc(S(=O)(=O)NCC2CCN(C3CCOCC3)CC2)cc1C. The van der Waals surface area contributed by atoms with E-state index >= 15 is 0 Å². The minimum atomic E-state index is -3.51. The van der Waals surface area contributed by atoms with Gasteiger partial charge in [0, 0.05) is 25.8 Å². The molecule has 28 heavy (non-hydrogen) atoms. The van der Waals surface area contributed by atoms with Gasteiger partial charge in [-0.05, 0) is 88.7 Å². The number of aryl methyl sites for hydroxylation is 2. The molecule has 0 bridgehead atoms. The van der Waals surface area contributed by atoms with Gasteiger partial charge in [-0.2, -0.15) is 0 Å². The summed E-state index contributed by atoms with van der Waals surface area (Å²) in [6, 6.07) is 4.04. The lowest BCUT2D eigenvalue weighted by Gasteiger charge is -2.39. The molecule has 7 heteroatoms. The number of ether oxygens (including phenoxy) is 2. The van der Waals surface area contributed by atoms with E-state index in [0.29, 0.717) is 30.0 Å². The van der Waals surface area contributed by atoms with E-state index in [2.05, 4.69) is 9.62 Å². The van der Waals surface area contributed by atoms with Crippen LogP contribution in [0, 0.1) is 19.8 Å². The third-order valence-electron chi connectivity index (χ3n) is 5.95. The normalized spacial score (nSPS) is 20.4. The molecule has 2 fully saturated rings. The molecule has 0 aliphatic carbocycles. The first kappa shape index (κ1) is 21.6. The van der Waals surface area contributed by atoms with Crippen molar-refractivity contribution in [1.29, 1.82) is 0 Å². The lowest BCUT2D eigenvalue weighted by molar-refractivity contribution is 0.0214. The van der Waals surface area contributed by atoms with Gasteiger partial charge >= 0.3 is 0 Å². The van der Waals surface area contributed by atoms with Crippen molar-refractivity contribution in [3.63, 3.8) is 0 Å². The number of sulfonamides is 1. The van der Waals surface area contributed by atoms with Crippen molar-refractivity contribution in [3.8, 4) is 5.75 Å². The second-order valence-corrected chi connectivity index (χ2v) is 9.76. The van der Waals surface area contributed by atoms with E-state index in [1.54, 1.807) is 12.1 Å². The molecule has 2 saturated heterocycles. The second-order valence-electron chi connectivity index (χ2n) is 7.99. The van der Waals surface area contributed by atoms with Gasteiger partial charge in [0.1, 0.15) is 5.75 Å². The highest BCUT2D eigenvalue weighted by Crippen LogP contribution is 2.27. The average Bonchev–Trinajstić information content (AvgIpc) is 2.70. The highest BCUT2D eigenvalue weighted by Gasteiger charge is 2.27. The molecule has 0 saturated carbocycles. The molecule has 1 aromatic rings. The van der Waals surface area contributed by atoms with Crippen LogP contribution in [0.1, 0.15) is 43.7 Å². The molecule has 0 atom stereocenters.